The number of carbonyl (C=O) groups is 1. The van der Waals surface area contributed by atoms with Crippen LogP contribution < -0.4 is 9.47 Å². The lowest BCUT2D eigenvalue weighted by molar-refractivity contribution is 0.0743. The molecule has 0 saturated carbocycles. The highest BCUT2D eigenvalue weighted by Gasteiger charge is 2.42. The van der Waals surface area contributed by atoms with Crippen LogP contribution in [0.25, 0.3) is 11.3 Å². The fourth-order valence-electron chi connectivity index (χ4n) is 4.19. The van der Waals surface area contributed by atoms with E-state index in [1.807, 2.05) is 36.1 Å². The summed E-state index contributed by atoms with van der Waals surface area (Å²) in [5.41, 5.74) is 3.31. The number of H-pyrrole nitrogens is 1. The first kappa shape index (κ1) is 21.7. The summed E-state index contributed by atoms with van der Waals surface area (Å²) < 4.78 is 11.5. The number of aromatic amines is 1. The molecule has 0 aliphatic carbocycles. The van der Waals surface area contributed by atoms with E-state index in [4.69, 9.17) is 9.47 Å². The highest BCUT2D eigenvalue weighted by molar-refractivity contribution is 6.00. The predicted molar refractivity (Wildman–Crippen MR) is 122 cm³/mol. The Labute approximate surface area is 188 Å². The molecule has 4 rings (SSSR count). The van der Waals surface area contributed by atoms with Crippen molar-refractivity contribution in [3.05, 3.63) is 59.3 Å². The van der Waals surface area contributed by atoms with E-state index in [9.17, 15) is 9.90 Å². The van der Waals surface area contributed by atoms with E-state index >= 15 is 0 Å². The Morgan fingerprint density at radius 3 is 2.66 bits per heavy atom. The third-order valence-electron chi connectivity index (χ3n) is 5.75. The van der Waals surface area contributed by atoms with Crippen molar-refractivity contribution in [2.75, 3.05) is 20.3 Å². The number of nitrogens with zero attached hydrogens (tertiary/aromatic N) is 2. The van der Waals surface area contributed by atoms with Crippen LogP contribution in [0.2, 0.25) is 0 Å². The zero-order valence-corrected chi connectivity index (χ0v) is 18.7. The number of benzene rings is 2. The number of fused-ring (bicyclic) bond motifs is 1. The van der Waals surface area contributed by atoms with E-state index in [0.29, 0.717) is 41.6 Å². The first-order valence-electron chi connectivity index (χ1n) is 11.1. The summed E-state index contributed by atoms with van der Waals surface area (Å²) in [5, 5.41) is 17.8. The number of phenols is 1. The van der Waals surface area contributed by atoms with Crippen molar-refractivity contribution < 1.29 is 19.4 Å². The Balaban J connectivity index is 1.81. The number of amides is 1. The molecule has 168 valence electrons. The lowest BCUT2D eigenvalue weighted by atomic mass is 9.95. The lowest BCUT2D eigenvalue weighted by Gasteiger charge is -2.26. The molecule has 0 fully saturated rings. The number of hydrogen-bond acceptors (Lipinski definition) is 5. The summed E-state index contributed by atoms with van der Waals surface area (Å²) in [6.45, 7) is 5.39. The highest BCUT2D eigenvalue weighted by Crippen LogP contribution is 2.45. The minimum atomic E-state index is -0.343. The van der Waals surface area contributed by atoms with E-state index in [1.54, 1.807) is 25.3 Å². The zero-order chi connectivity index (χ0) is 22.7. The Kier molecular flexibility index (Phi) is 6.35. The van der Waals surface area contributed by atoms with Crippen LogP contribution in [0.3, 0.4) is 0 Å². The van der Waals surface area contributed by atoms with Gasteiger partial charge in [0, 0.05) is 17.7 Å². The molecular weight excluding hydrogens is 406 g/mol. The average Bonchev–Trinajstić information content (AvgIpc) is 3.34. The van der Waals surface area contributed by atoms with E-state index in [2.05, 4.69) is 17.1 Å². The van der Waals surface area contributed by atoms with Crippen LogP contribution in [0.15, 0.2) is 42.5 Å². The number of aromatic hydroxyl groups is 1. The molecule has 0 spiro atoms. The number of ether oxygens (including phenoxy) is 2. The number of carbonyl (C=O) groups excluding carboxylic acids is 1. The molecule has 7 heteroatoms. The summed E-state index contributed by atoms with van der Waals surface area (Å²) >= 11 is 0. The molecule has 0 unspecified atom stereocenters. The molecule has 1 aromatic heterocycles. The molecular formula is C25H29N3O4. The molecule has 2 N–H and O–H groups in total. The largest absolute Gasteiger partial charge is 0.507 e. The van der Waals surface area contributed by atoms with E-state index in [1.165, 1.54) is 0 Å². The van der Waals surface area contributed by atoms with Gasteiger partial charge in [-0.15, -0.1) is 0 Å². The molecule has 7 nitrogen and oxygen atoms in total. The molecule has 0 radical (unpaired) electrons. The van der Waals surface area contributed by atoms with Gasteiger partial charge in [0.1, 0.15) is 17.1 Å². The minimum absolute atomic E-state index is 0.0942. The van der Waals surface area contributed by atoms with Crippen LogP contribution in [0.4, 0.5) is 0 Å². The summed E-state index contributed by atoms with van der Waals surface area (Å²) in [7, 11) is 1.62. The van der Waals surface area contributed by atoms with Crippen molar-refractivity contribution in [1.82, 2.24) is 15.1 Å². The number of rotatable bonds is 9. The van der Waals surface area contributed by atoms with Gasteiger partial charge in [0.15, 0.2) is 11.5 Å². The second-order valence-corrected chi connectivity index (χ2v) is 7.89. The van der Waals surface area contributed by atoms with Crippen LogP contribution in [0, 0.1) is 0 Å². The maximum atomic E-state index is 13.2. The fraction of sp³-hybridized carbons (Fsp3) is 0.360. The van der Waals surface area contributed by atoms with Crippen LogP contribution in [-0.4, -0.2) is 46.4 Å². The SMILES string of the molecule is CCCCOc1ccc([C@@H]2c3c(-c4ccccc4O)n[nH]c3C(=O)N2CCC)cc1OC. The van der Waals surface area contributed by atoms with Crippen LogP contribution in [-0.2, 0) is 0 Å². The van der Waals surface area contributed by atoms with Gasteiger partial charge in [0.2, 0.25) is 0 Å². The number of phenolic OH excluding ortho intramolecular Hbond substituents is 1. The fourth-order valence-corrected chi connectivity index (χ4v) is 4.19. The molecule has 3 aromatic rings. The standard InChI is InChI=1S/C25H29N3O4/c1-4-6-14-32-19-12-11-16(15-20(19)31-3)24-21-22(17-9-7-8-10-18(17)29)26-27-23(21)25(30)28(24)13-5-2/h7-12,15,24,29H,4-6,13-14H2,1-3H3,(H,26,27)/t24-/m1/s1. The van der Waals surface area contributed by atoms with Crippen molar-refractivity contribution in [1.29, 1.82) is 0 Å². The molecule has 1 amide bonds. The molecule has 1 atom stereocenters. The third-order valence-corrected chi connectivity index (χ3v) is 5.75. The number of methoxy groups -OCH3 is 1. The van der Waals surface area contributed by atoms with Crippen molar-refractivity contribution >= 4 is 5.91 Å². The van der Waals surface area contributed by atoms with Gasteiger partial charge in [-0.3, -0.25) is 9.89 Å². The van der Waals surface area contributed by atoms with E-state index in [0.717, 1.165) is 30.4 Å². The first-order valence-corrected chi connectivity index (χ1v) is 11.1. The molecule has 32 heavy (non-hydrogen) atoms. The first-order chi connectivity index (χ1) is 15.6. The molecule has 1 aliphatic heterocycles. The molecule has 2 aromatic carbocycles. The van der Waals surface area contributed by atoms with Gasteiger partial charge < -0.3 is 19.5 Å². The quantitative estimate of drug-likeness (QED) is 0.466. The summed E-state index contributed by atoms with van der Waals surface area (Å²) in [4.78, 5) is 15.1. The normalized spacial score (nSPS) is 15.2. The van der Waals surface area contributed by atoms with Crippen LogP contribution in [0.1, 0.15) is 60.8 Å². The Hall–Kier alpha value is -3.48. The van der Waals surface area contributed by atoms with Crippen molar-refractivity contribution in [3.8, 4) is 28.5 Å². The van der Waals surface area contributed by atoms with Gasteiger partial charge >= 0.3 is 0 Å². The predicted octanol–water partition coefficient (Wildman–Crippen LogP) is 4.93. The number of hydrogen-bond donors (Lipinski definition) is 2. The maximum absolute atomic E-state index is 13.2. The molecule has 2 heterocycles. The zero-order valence-electron chi connectivity index (χ0n) is 18.7. The van der Waals surface area contributed by atoms with Gasteiger partial charge in [0.05, 0.1) is 19.8 Å². The average molecular weight is 436 g/mol. The third kappa shape index (κ3) is 3.79. The number of aromatic nitrogens is 2. The van der Waals surface area contributed by atoms with Crippen molar-refractivity contribution in [2.45, 2.75) is 39.2 Å². The molecule has 1 aliphatic rings. The second-order valence-electron chi connectivity index (χ2n) is 7.89. The Bertz CT molecular complexity index is 1110. The summed E-state index contributed by atoms with van der Waals surface area (Å²) in [6, 6.07) is 12.5. The minimum Gasteiger partial charge on any atom is -0.507 e. The lowest BCUT2D eigenvalue weighted by Crippen LogP contribution is -2.30. The monoisotopic (exact) mass is 435 g/mol. The van der Waals surface area contributed by atoms with Gasteiger partial charge in [-0.25, -0.2) is 0 Å². The highest BCUT2D eigenvalue weighted by atomic mass is 16.5. The summed E-state index contributed by atoms with van der Waals surface area (Å²) in [5.74, 6) is 1.34. The van der Waals surface area contributed by atoms with Crippen molar-refractivity contribution in [2.24, 2.45) is 0 Å². The van der Waals surface area contributed by atoms with Crippen LogP contribution >= 0.6 is 0 Å². The molecule has 0 bridgehead atoms. The van der Waals surface area contributed by atoms with Crippen LogP contribution in [0.5, 0.6) is 17.2 Å². The Morgan fingerprint density at radius 2 is 1.94 bits per heavy atom. The number of nitrogens with one attached hydrogen (secondary N) is 1. The summed E-state index contributed by atoms with van der Waals surface area (Å²) in [6.07, 6.45) is 2.84. The van der Waals surface area contributed by atoms with Crippen molar-refractivity contribution in [3.63, 3.8) is 0 Å². The van der Waals surface area contributed by atoms with Gasteiger partial charge in [-0.1, -0.05) is 38.5 Å². The van der Waals surface area contributed by atoms with Gasteiger partial charge in [-0.05, 0) is 42.7 Å². The number of para-hydroxylation sites is 1. The second kappa shape index (κ2) is 9.34. The smallest absolute Gasteiger partial charge is 0.273 e. The van der Waals surface area contributed by atoms with E-state index in [-0.39, 0.29) is 17.7 Å². The van der Waals surface area contributed by atoms with Gasteiger partial charge in [0.25, 0.3) is 5.91 Å². The van der Waals surface area contributed by atoms with Gasteiger partial charge in [-0.2, -0.15) is 5.10 Å². The van der Waals surface area contributed by atoms with E-state index < -0.39 is 0 Å². The number of unbranched alkanes of at least 4 members (excludes halogenated alkanes) is 1. The topological polar surface area (TPSA) is 87.7 Å². The Morgan fingerprint density at radius 1 is 1.12 bits per heavy atom. The molecule has 0 saturated heterocycles. The maximum Gasteiger partial charge on any atom is 0.273 e.